The molecule has 138 valence electrons. The summed E-state index contributed by atoms with van der Waals surface area (Å²) in [6.45, 7) is 0. The van der Waals surface area contributed by atoms with E-state index in [1.165, 1.54) is 26.4 Å². The van der Waals surface area contributed by atoms with E-state index in [1.807, 2.05) is 0 Å². The predicted molar refractivity (Wildman–Crippen MR) is 93.7 cm³/mol. The van der Waals surface area contributed by atoms with Gasteiger partial charge in [0.1, 0.15) is 0 Å². The van der Waals surface area contributed by atoms with Crippen molar-refractivity contribution in [2.75, 3.05) is 19.5 Å². The molecule has 0 spiro atoms. The summed E-state index contributed by atoms with van der Waals surface area (Å²) in [4.78, 5) is 12.0. The average Bonchev–Trinajstić information content (AvgIpc) is 2.59. The molecule has 0 aliphatic rings. The maximum Gasteiger partial charge on any atom is 0.417 e. The monoisotopic (exact) mass is 385 g/mol. The van der Waals surface area contributed by atoms with Crippen LogP contribution in [0.5, 0.6) is 11.5 Å². The van der Waals surface area contributed by atoms with Gasteiger partial charge in [-0.25, -0.2) is 0 Å². The third-order valence-corrected chi connectivity index (χ3v) is 3.70. The summed E-state index contributed by atoms with van der Waals surface area (Å²) < 4.78 is 48.7. The Morgan fingerprint density at radius 1 is 1.08 bits per heavy atom. The number of halogens is 4. The number of carbonyl (C=O) groups is 1. The molecule has 0 aliphatic heterocycles. The van der Waals surface area contributed by atoms with Gasteiger partial charge in [-0.15, -0.1) is 0 Å². The van der Waals surface area contributed by atoms with Crippen LogP contribution in [-0.2, 0) is 11.0 Å². The Hall–Kier alpha value is -2.67. The molecule has 0 fully saturated rings. The molecule has 0 saturated carbocycles. The van der Waals surface area contributed by atoms with Crippen molar-refractivity contribution in [1.29, 1.82) is 0 Å². The highest BCUT2D eigenvalue weighted by Crippen LogP contribution is 2.35. The predicted octanol–water partition coefficient (Wildman–Crippen LogP) is 5.03. The minimum Gasteiger partial charge on any atom is -0.493 e. The Kier molecular flexibility index (Phi) is 6.15. The maximum atomic E-state index is 12.8. The van der Waals surface area contributed by atoms with Crippen molar-refractivity contribution in [3.8, 4) is 11.5 Å². The minimum atomic E-state index is -4.57. The Labute approximate surface area is 153 Å². The molecule has 0 aliphatic carbocycles. The number of benzene rings is 2. The van der Waals surface area contributed by atoms with Crippen LogP contribution in [0.15, 0.2) is 42.5 Å². The number of anilines is 1. The number of nitrogens with one attached hydrogen (secondary N) is 1. The standard InChI is InChI=1S/C18H15ClF3NO3/c1-25-15-7-5-12(10-16(15)26-2)23-17(24)8-4-11-3-6-14(19)13(9-11)18(20,21)22/h3-10H,1-2H3,(H,23,24)/b8-4+. The zero-order valence-corrected chi connectivity index (χ0v) is 14.6. The van der Waals surface area contributed by atoms with Gasteiger partial charge in [-0.05, 0) is 35.9 Å². The van der Waals surface area contributed by atoms with Crippen molar-refractivity contribution in [1.82, 2.24) is 0 Å². The summed E-state index contributed by atoms with van der Waals surface area (Å²) in [6.07, 6.45) is -2.18. The first kappa shape index (κ1) is 19.7. The normalized spacial score (nSPS) is 11.5. The lowest BCUT2D eigenvalue weighted by molar-refractivity contribution is -0.137. The number of rotatable bonds is 5. The van der Waals surface area contributed by atoms with Crippen molar-refractivity contribution in [3.63, 3.8) is 0 Å². The first-order valence-corrected chi connectivity index (χ1v) is 7.70. The summed E-state index contributed by atoms with van der Waals surface area (Å²) in [5.41, 5.74) is -0.310. The smallest absolute Gasteiger partial charge is 0.417 e. The van der Waals surface area contributed by atoms with Crippen molar-refractivity contribution in [3.05, 3.63) is 58.6 Å². The maximum absolute atomic E-state index is 12.8. The van der Waals surface area contributed by atoms with Crippen molar-refractivity contribution >= 4 is 29.3 Å². The lowest BCUT2D eigenvalue weighted by Gasteiger charge is -2.10. The second-order valence-electron chi connectivity index (χ2n) is 5.13. The van der Waals surface area contributed by atoms with E-state index in [-0.39, 0.29) is 5.56 Å². The molecule has 0 heterocycles. The molecule has 0 atom stereocenters. The SMILES string of the molecule is COc1ccc(NC(=O)/C=C/c2ccc(Cl)c(C(F)(F)F)c2)cc1OC. The van der Waals surface area contributed by atoms with Gasteiger partial charge in [-0.2, -0.15) is 13.2 Å². The largest absolute Gasteiger partial charge is 0.493 e. The summed E-state index contributed by atoms with van der Waals surface area (Å²) in [5, 5.41) is 2.19. The highest BCUT2D eigenvalue weighted by molar-refractivity contribution is 6.31. The van der Waals surface area contributed by atoms with Gasteiger partial charge in [0.05, 0.1) is 24.8 Å². The average molecular weight is 386 g/mol. The Balaban J connectivity index is 2.13. The number of hydrogen-bond acceptors (Lipinski definition) is 3. The summed E-state index contributed by atoms with van der Waals surface area (Å²) in [5.74, 6) is 0.421. The molecule has 2 rings (SSSR count). The van der Waals surface area contributed by atoms with E-state index in [2.05, 4.69) is 5.32 Å². The second-order valence-corrected chi connectivity index (χ2v) is 5.54. The quantitative estimate of drug-likeness (QED) is 0.734. The fourth-order valence-electron chi connectivity index (χ4n) is 2.13. The van der Waals surface area contributed by atoms with Crippen LogP contribution in [0.2, 0.25) is 5.02 Å². The van der Waals surface area contributed by atoms with Crippen LogP contribution in [-0.4, -0.2) is 20.1 Å². The Morgan fingerprint density at radius 3 is 2.38 bits per heavy atom. The second kappa shape index (κ2) is 8.14. The van der Waals surface area contributed by atoms with E-state index < -0.39 is 22.7 Å². The number of hydrogen-bond donors (Lipinski definition) is 1. The van der Waals surface area contributed by atoms with Crippen LogP contribution < -0.4 is 14.8 Å². The molecule has 0 unspecified atom stereocenters. The minimum absolute atomic E-state index is 0.198. The number of amides is 1. The highest BCUT2D eigenvalue weighted by atomic mass is 35.5. The van der Waals surface area contributed by atoms with E-state index in [9.17, 15) is 18.0 Å². The van der Waals surface area contributed by atoms with Gasteiger partial charge >= 0.3 is 6.18 Å². The lowest BCUT2D eigenvalue weighted by Crippen LogP contribution is -2.08. The van der Waals surface area contributed by atoms with Crippen LogP contribution in [0, 0.1) is 0 Å². The van der Waals surface area contributed by atoms with Crippen molar-refractivity contribution in [2.45, 2.75) is 6.18 Å². The molecule has 26 heavy (non-hydrogen) atoms. The molecule has 2 aromatic carbocycles. The molecule has 4 nitrogen and oxygen atoms in total. The lowest BCUT2D eigenvalue weighted by atomic mass is 10.1. The Morgan fingerprint density at radius 2 is 1.77 bits per heavy atom. The molecule has 1 N–H and O–H groups in total. The fraction of sp³-hybridized carbons (Fsp3) is 0.167. The van der Waals surface area contributed by atoms with E-state index in [0.717, 1.165) is 18.2 Å². The first-order valence-electron chi connectivity index (χ1n) is 7.32. The molecule has 0 aromatic heterocycles. The van der Waals surface area contributed by atoms with Crippen LogP contribution >= 0.6 is 11.6 Å². The molecule has 0 bridgehead atoms. The van der Waals surface area contributed by atoms with E-state index in [1.54, 1.807) is 18.2 Å². The van der Waals surface area contributed by atoms with Crippen molar-refractivity contribution < 1.29 is 27.4 Å². The number of alkyl halides is 3. The van der Waals surface area contributed by atoms with Crippen LogP contribution in [0.25, 0.3) is 6.08 Å². The van der Waals surface area contributed by atoms with Gasteiger partial charge in [0.15, 0.2) is 11.5 Å². The molecule has 0 saturated heterocycles. The van der Waals surface area contributed by atoms with Gasteiger partial charge in [0.2, 0.25) is 5.91 Å². The zero-order valence-electron chi connectivity index (χ0n) is 13.9. The molecule has 1 amide bonds. The third-order valence-electron chi connectivity index (χ3n) is 3.37. The summed E-state index contributed by atoms with van der Waals surface area (Å²) in [6, 6.07) is 8.19. The van der Waals surface area contributed by atoms with Crippen molar-refractivity contribution in [2.24, 2.45) is 0 Å². The van der Waals surface area contributed by atoms with Crippen LogP contribution in [0.3, 0.4) is 0 Å². The van der Waals surface area contributed by atoms with Gasteiger partial charge in [-0.3, -0.25) is 4.79 Å². The topological polar surface area (TPSA) is 47.6 Å². The van der Waals surface area contributed by atoms with Gasteiger partial charge < -0.3 is 14.8 Å². The Bertz CT molecular complexity index is 835. The number of ether oxygens (including phenoxy) is 2. The molecule has 8 heteroatoms. The molecule has 0 radical (unpaired) electrons. The molecular weight excluding hydrogens is 371 g/mol. The number of methoxy groups -OCH3 is 2. The first-order chi connectivity index (χ1) is 12.2. The zero-order chi connectivity index (χ0) is 19.3. The van der Waals surface area contributed by atoms with Gasteiger partial charge in [0.25, 0.3) is 0 Å². The van der Waals surface area contributed by atoms with Crippen LogP contribution in [0.4, 0.5) is 18.9 Å². The summed E-state index contributed by atoms with van der Waals surface area (Å²) >= 11 is 5.56. The van der Waals surface area contributed by atoms with Gasteiger partial charge in [-0.1, -0.05) is 17.7 Å². The summed E-state index contributed by atoms with van der Waals surface area (Å²) in [7, 11) is 2.95. The van der Waals surface area contributed by atoms with E-state index in [0.29, 0.717) is 17.2 Å². The fourth-order valence-corrected chi connectivity index (χ4v) is 2.36. The molecular formula is C18H15ClF3NO3. The third kappa shape index (κ3) is 4.92. The number of carbonyl (C=O) groups excluding carboxylic acids is 1. The highest BCUT2D eigenvalue weighted by Gasteiger charge is 2.33. The van der Waals surface area contributed by atoms with Crippen LogP contribution in [0.1, 0.15) is 11.1 Å². The van der Waals surface area contributed by atoms with E-state index in [4.69, 9.17) is 21.1 Å². The van der Waals surface area contributed by atoms with E-state index >= 15 is 0 Å². The molecule has 2 aromatic rings. The van der Waals surface area contributed by atoms with Gasteiger partial charge in [0, 0.05) is 17.8 Å².